The van der Waals surface area contributed by atoms with Gasteiger partial charge in [-0.25, -0.2) is 0 Å². The first kappa shape index (κ1) is 13.9. The zero-order valence-electron chi connectivity index (χ0n) is 9.96. The normalized spacial score (nSPS) is 10.1. The maximum Gasteiger partial charge on any atom is 0.310 e. The van der Waals surface area contributed by atoms with Crippen molar-refractivity contribution < 1.29 is 14.3 Å². The second-order valence-corrected chi connectivity index (χ2v) is 4.69. The molecule has 0 saturated carbocycles. The Morgan fingerprint density at radius 3 is 2.53 bits per heavy atom. The van der Waals surface area contributed by atoms with Crippen LogP contribution in [0.3, 0.4) is 0 Å². The first-order valence-corrected chi connectivity index (χ1v) is 6.24. The van der Waals surface area contributed by atoms with Crippen molar-refractivity contribution in [1.29, 1.82) is 0 Å². The minimum absolute atomic E-state index is 0.0810. The highest BCUT2D eigenvalue weighted by Gasteiger charge is 2.10. The molecular weight excluding hydrogens is 284 g/mol. The van der Waals surface area contributed by atoms with E-state index in [1.807, 2.05) is 18.2 Å². The molecule has 0 atom stereocenters. The fourth-order valence-corrected chi connectivity index (χ4v) is 1.98. The third-order valence-corrected chi connectivity index (χ3v) is 2.74. The van der Waals surface area contributed by atoms with Gasteiger partial charge >= 0.3 is 5.97 Å². The van der Waals surface area contributed by atoms with Gasteiger partial charge in [0.25, 0.3) is 0 Å². The second kappa shape index (κ2) is 6.55. The molecule has 3 nitrogen and oxygen atoms in total. The highest BCUT2D eigenvalue weighted by atomic mass is 79.9. The second-order valence-electron chi connectivity index (χ2n) is 3.77. The molecule has 0 N–H and O–H groups in total. The summed E-state index contributed by atoms with van der Waals surface area (Å²) in [6, 6.07) is 5.59. The molecular formula is C13H15BrO3. The molecule has 0 bridgehead atoms. The number of hydrogen-bond donors (Lipinski definition) is 0. The summed E-state index contributed by atoms with van der Waals surface area (Å²) in [5.41, 5.74) is 1.72. The van der Waals surface area contributed by atoms with Gasteiger partial charge in [0.05, 0.1) is 13.0 Å². The predicted octanol–water partition coefficient (Wildman–Crippen LogP) is 2.69. The van der Waals surface area contributed by atoms with Crippen LogP contribution in [-0.2, 0) is 27.2 Å². The summed E-state index contributed by atoms with van der Waals surface area (Å²) >= 11 is 3.35. The minimum atomic E-state index is -0.268. The monoisotopic (exact) mass is 298 g/mol. The number of Topliss-reactive ketones (excluding diaryl/α,β-unsaturated/α-hetero) is 1. The third kappa shape index (κ3) is 4.69. The summed E-state index contributed by atoms with van der Waals surface area (Å²) in [4.78, 5) is 22.6. The van der Waals surface area contributed by atoms with Crippen LogP contribution in [0.1, 0.15) is 25.0 Å². The molecule has 0 aromatic heterocycles. The van der Waals surface area contributed by atoms with Crippen LogP contribution in [0.2, 0.25) is 0 Å². The molecule has 0 aliphatic carbocycles. The van der Waals surface area contributed by atoms with Crippen molar-refractivity contribution in [2.75, 3.05) is 6.61 Å². The number of rotatable bonds is 5. The van der Waals surface area contributed by atoms with E-state index in [9.17, 15) is 9.59 Å². The molecule has 17 heavy (non-hydrogen) atoms. The van der Waals surface area contributed by atoms with Crippen molar-refractivity contribution in [2.24, 2.45) is 0 Å². The SMILES string of the molecule is CCOC(=O)Cc1cc(Br)ccc1CC(C)=O. The van der Waals surface area contributed by atoms with Gasteiger partial charge in [-0.3, -0.25) is 9.59 Å². The summed E-state index contributed by atoms with van der Waals surface area (Å²) in [5, 5.41) is 0. The van der Waals surface area contributed by atoms with Gasteiger partial charge in [0, 0.05) is 10.9 Å². The maximum atomic E-state index is 11.4. The zero-order valence-corrected chi connectivity index (χ0v) is 11.5. The highest BCUT2D eigenvalue weighted by molar-refractivity contribution is 9.10. The van der Waals surface area contributed by atoms with Crippen LogP contribution in [0, 0.1) is 0 Å². The molecule has 4 heteroatoms. The van der Waals surface area contributed by atoms with Crippen molar-refractivity contribution in [3.8, 4) is 0 Å². The minimum Gasteiger partial charge on any atom is -0.466 e. The fourth-order valence-electron chi connectivity index (χ4n) is 1.57. The summed E-state index contributed by atoms with van der Waals surface area (Å²) in [7, 11) is 0. The van der Waals surface area contributed by atoms with E-state index in [2.05, 4.69) is 15.9 Å². The van der Waals surface area contributed by atoms with E-state index >= 15 is 0 Å². The Morgan fingerprint density at radius 2 is 1.94 bits per heavy atom. The van der Waals surface area contributed by atoms with Crippen LogP contribution in [0.15, 0.2) is 22.7 Å². The summed E-state index contributed by atoms with van der Waals surface area (Å²) in [6.07, 6.45) is 0.553. The Labute approximate surface area is 109 Å². The lowest BCUT2D eigenvalue weighted by Crippen LogP contribution is -2.10. The Hall–Kier alpha value is -1.16. The summed E-state index contributed by atoms with van der Waals surface area (Å²) < 4.78 is 5.80. The van der Waals surface area contributed by atoms with Gasteiger partial charge in [-0.15, -0.1) is 0 Å². The molecule has 0 spiro atoms. The predicted molar refractivity (Wildman–Crippen MR) is 68.9 cm³/mol. The fraction of sp³-hybridized carbons (Fsp3) is 0.385. The lowest BCUT2D eigenvalue weighted by Gasteiger charge is -2.08. The molecule has 1 aromatic carbocycles. The van der Waals surface area contributed by atoms with Crippen LogP contribution in [0.4, 0.5) is 0 Å². The quantitative estimate of drug-likeness (QED) is 0.785. The Morgan fingerprint density at radius 1 is 1.24 bits per heavy atom. The van der Waals surface area contributed by atoms with Gasteiger partial charge in [-0.05, 0) is 37.1 Å². The smallest absolute Gasteiger partial charge is 0.310 e. The molecule has 0 aliphatic rings. The average molecular weight is 299 g/mol. The van der Waals surface area contributed by atoms with E-state index < -0.39 is 0 Å². The van der Waals surface area contributed by atoms with Gasteiger partial charge in [0.1, 0.15) is 5.78 Å². The van der Waals surface area contributed by atoms with Crippen molar-refractivity contribution in [3.05, 3.63) is 33.8 Å². The van der Waals surface area contributed by atoms with E-state index in [0.717, 1.165) is 15.6 Å². The summed E-state index contributed by atoms with van der Waals surface area (Å²) in [5.74, 6) is -0.187. The third-order valence-electron chi connectivity index (χ3n) is 2.25. The van der Waals surface area contributed by atoms with Gasteiger partial charge in [0.15, 0.2) is 0 Å². The van der Waals surface area contributed by atoms with Crippen LogP contribution in [0.25, 0.3) is 0 Å². The number of hydrogen-bond acceptors (Lipinski definition) is 3. The Kier molecular flexibility index (Phi) is 5.35. The lowest BCUT2D eigenvalue weighted by atomic mass is 10.0. The van der Waals surface area contributed by atoms with Crippen molar-refractivity contribution in [2.45, 2.75) is 26.7 Å². The van der Waals surface area contributed by atoms with Gasteiger partial charge < -0.3 is 4.74 Å². The zero-order chi connectivity index (χ0) is 12.8. The molecule has 0 radical (unpaired) electrons. The first-order chi connectivity index (χ1) is 8.02. The molecule has 0 aliphatic heterocycles. The molecule has 0 saturated heterocycles. The van der Waals surface area contributed by atoms with Crippen LogP contribution < -0.4 is 0 Å². The van der Waals surface area contributed by atoms with E-state index in [4.69, 9.17) is 4.74 Å². The summed E-state index contributed by atoms with van der Waals surface area (Å²) in [6.45, 7) is 3.68. The van der Waals surface area contributed by atoms with E-state index in [-0.39, 0.29) is 18.2 Å². The lowest BCUT2D eigenvalue weighted by molar-refractivity contribution is -0.142. The highest BCUT2D eigenvalue weighted by Crippen LogP contribution is 2.18. The number of ether oxygens (including phenoxy) is 1. The number of carbonyl (C=O) groups is 2. The largest absolute Gasteiger partial charge is 0.466 e. The van der Waals surface area contributed by atoms with Crippen LogP contribution in [0.5, 0.6) is 0 Å². The topological polar surface area (TPSA) is 43.4 Å². The number of ketones is 1. The molecule has 0 heterocycles. The molecule has 1 rings (SSSR count). The average Bonchev–Trinajstić information content (AvgIpc) is 2.22. The van der Waals surface area contributed by atoms with Crippen molar-refractivity contribution >= 4 is 27.7 Å². The Balaban J connectivity index is 2.90. The molecule has 0 fully saturated rings. The van der Waals surface area contributed by atoms with Crippen molar-refractivity contribution in [3.63, 3.8) is 0 Å². The van der Waals surface area contributed by atoms with Crippen LogP contribution >= 0.6 is 15.9 Å². The number of halogens is 1. The van der Waals surface area contributed by atoms with Gasteiger partial charge in [-0.1, -0.05) is 22.0 Å². The molecule has 1 aromatic rings. The van der Waals surface area contributed by atoms with Gasteiger partial charge in [-0.2, -0.15) is 0 Å². The van der Waals surface area contributed by atoms with E-state index in [1.54, 1.807) is 6.92 Å². The molecule has 0 unspecified atom stereocenters. The number of carbonyl (C=O) groups excluding carboxylic acids is 2. The van der Waals surface area contributed by atoms with Crippen LogP contribution in [-0.4, -0.2) is 18.4 Å². The Bertz CT molecular complexity index is 427. The first-order valence-electron chi connectivity index (χ1n) is 5.45. The van der Waals surface area contributed by atoms with E-state index in [0.29, 0.717) is 13.0 Å². The molecule has 0 amide bonds. The number of esters is 1. The number of benzene rings is 1. The standard InChI is InChI=1S/C13H15BrO3/c1-3-17-13(16)8-11-7-12(14)5-4-10(11)6-9(2)15/h4-5,7H,3,6,8H2,1-2H3. The van der Waals surface area contributed by atoms with Crippen molar-refractivity contribution in [1.82, 2.24) is 0 Å². The molecule has 92 valence electrons. The van der Waals surface area contributed by atoms with Gasteiger partial charge in [0.2, 0.25) is 0 Å². The van der Waals surface area contributed by atoms with E-state index in [1.165, 1.54) is 6.92 Å². The maximum absolute atomic E-state index is 11.4.